The number of nitrogens with zero attached hydrogens (tertiary/aromatic N) is 1. The third-order valence-electron chi connectivity index (χ3n) is 5.60. The van der Waals surface area contributed by atoms with Crippen molar-refractivity contribution < 1.29 is 4.79 Å². The number of piperidine rings is 1. The maximum atomic E-state index is 12.5. The molecule has 0 bridgehead atoms. The topological polar surface area (TPSA) is 44.4 Å². The molecule has 1 saturated heterocycles. The van der Waals surface area contributed by atoms with Crippen molar-refractivity contribution in [1.82, 2.24) is 10.2 Å². The summed E-state index contributed by atoms with van der Waals surface area (Å²) in [6.07, 6.45) is 5.77. The van der Waals surface area contributed by atoms with Crippen molar-refractivity contribution in [3.05, 3.63) is 109 Å². The van der Waals surface area contributed by atoms with Gasteiger partial charge in [-0.05, 0) is 75.9 Å². The van der Waals surface area contributed by atoms with Crippen molar-refractivity contribution in [2.75, 3.05) is 18.4 Å². The highest BCUT2D eigenvalue weighted by Crippen LogP contribution is 2.17. The Morgan fingerprint density at radius 1 is 0.912 bits per heavy atom. The molecule has 4 nitrogen and oxygen atoms in total. The van der Waals surface area contributed by atoms with E-state index in [0.29, 0.717) is 6.04 Å². The second-order valence-corrected chi connectivity index (χ2v) is 8.93. The van der Waals surface area contributed by atoms with Gasteiger partial charge in [0.15, 0.2) is 0 Å². The first-order valence-corrected chi connectivity index (χ1v) is 11.8. The molecule has 1 amide bonds. The fourth-order valence-electron chi connectivity index (χ4n) is 3.79. The van der Waals surface area contributed by atoms with Crippen molar-refractivity contribution in [3.8, 4) is 0 Å². The third kappa shape index (κ3) is 8.78. The van der Waals surface area contributed by atoms with Gasteiger partial charge in [-0.1, -0.05) is 61.7 Å². The predicted octanol–water partition coefficient (Wildman–Crippen LogP) is 6.94. The van der Waals surface area contributed by atoms with Crippen LogP contribution in [0.25, 0.3) is 5.57 Å². The number of nitrogens with one attached hydrogen (secondary N) is 2. The van der Waals surface area contributed by atoms with Crippen molar-refractivity contribution in [1.29, 1.82) is 0 Å². The van der Waals surface area contributed by atoms with Gasteiger partial charge in [0.1, 0.15) is 0 Å². The lowest BCUT2D eigenvalue weighted by molar-refractivity contribution is 0.0708. The number of rotatable bonds is 7. The van der Waals surface area contributed by atoms with Crippen LogP contribution < -0.4 is 10.6 Å². The highest BCUT2D eigenvalue weighted by molar-refractivity contribution is 5.94. The van der Waals surface area contributed by atoms with Gasteiger partial charge in [-0.15, -0.1) is 0 Å². The number of hydrogen-bond acceptors (Lipinski definition) is 3. The van der Waals surface area contributed by atoms with Crippen LogP contribution >= 0.6 is 0 Å². The molecule has 2 N–H and O–H groups in total. The molecule has 0 aromatic heterocycles. The standard InChI is InChI=1S/C18H25N3O.C12H14/c1-13(2)19-16-7-5-15(6-8-16)18(22)21-11-9-17(10-12-21)20-14(3)4;1-4-5-11(3)12-8-6-10(2)7-9-12/h5-8,17,19-20H,1,3,9-12H2,2,4H3;4-9H,1H2,2-3H3/b;11-5+. The number of aryl methyl sites for hydroxylation is 1. The lowest BCUT2D eigenvalue weighted by Crippen LogP contribution is -2.44. The van der Waals surface area contributed by atoms with Crippen LogP contribution in [0.15, 0.2) is 91.8 Å². The number of hydrogen-bond donors (Lipinski definition) is 2. The summed E-state index contributed by atoms with van der Waals surface area (Å²) in [5.41, 5.74) is 7.37. The number of allylic oxidation sites excluding steroid dienone is 5. The van der Waals surface area contributed by atoms with Gasteiger partial charge in [0.25, 0.3) is 5.91 Å². The van der Waals surface area contributed by atoms with Crippen molar-refractivity contribution >= 4 is 17.2 Å². The minimum Gasteiger partial charge on any atom is -0.386 e. The van der Waals surface area contributed by atoms with Gasteiger partial charge in [0.05, 0.1) is 0 Å². The van der Waals surface area contributed by atoms with Crippen molar-refractivity contribution in [2.45, 2.75) is 46.6 Å². The van der Waals surface area contributed by atoms with Crippen LogP contribution in [0.5, 0.6) is 0 Å². The molecule has 3 rings (SSSR count). The average Bonchev–Trinajstić information content (AvgIpc) is 2.80. The molecule has 0 radical (unpaired) electrons. The number of carbonyl (C=O) groups is 1. The zero-order chi connectivity index (χ0) is 25.1. The summed E-state index contributed by atoms with van der Waals surface area (Å²) in [7, 11) is 0. The average molecular weight is 458 g/mol. The van der Waals surface area contributed by atoms with E-state index in [9.17, 15) is 4.79 Å². The molecular formula is C30H39N3O. The number of likely N-dealkylation sites (tertiary alicyclic amines) is 1. The van der Waals surface area contributed by atoms with Crippen LogP contribution in [0, 0.1) is 6.92 Å². The summed E-state index contributed by atoms with van der Waals surface area (Å²) < 4.78 is 0. The first kappa shape index (κ1) is 26.7. The van der Waals surface area contributed by atoms with Gasteiger partial charge in [-0.25, -0.2) is 0 Å². The molecule has 2 aromatic rings. The molecule has 1 heterocycles. The zero-order valence-electron chi connectivity index (χ0n) is 21.2. The second-order valence-electron chi connectivity index (χ2n) is 8.93. The van der Waals surface area contributed by atoms with Crippen LogP contribution in [0.4, 0.5) is 5.69 Å². The minimum atomic E-state index is 0.107. The molecule has 180 valence electrons. The molecule has 1 aliphatic heterocycles. The molecular weight excluding hydrogens is 418 g/mol. The maximum Gasteiger partial charge on any atom is 0.253 e. The molecule has 0 saturated carbocycles. The predicted molar refractivity (Wildman–Crippen MR) is 147 cm³/mol. The maximum absolute atomic E-state index is 12.5. The fourth-order valence-corrected chi connectivity index (χ4v) is 3.79. The van der Waals surface area contributed by atoms with Crippen LogP contribution in [0.2, 0.25) is 0 Å². The summed E-state index contributed by atoms with van der Waals surface area (Å²) in [6.45, 7) is 21.0. The van der Waals surface area contributed by atoms with E-state index in [0.717, 1.165) is 48.6 Å². The van der Waals surface area contributed by atoms with Crippen molar-refractivity contribution in [2.24, 2.45) is 0 Å². The van der Waals surface area contributed by atoms with E-state index in [1.807, 2.05) is 55.2 Å². The van der Waals surface area contributed by atoms with E-state index in [4.69, 9.17) is 0 Å². The van der Waals surface area contributed by atoms with E-state index in [1.165, 1.54) is 16.7 Å². The van der Waals surface area contributed by atoms with E-state index in [1.54, 1.807) is 0 Å². The Morgan fingerprint density at radius 3 is 1.97 bits per heavy atom. The van der Waals surface area contributed by atoms with E-state index in [2.05, 4.69) is 68.5 Å². The summed E-state index contributed by atoms with van der Waals surface area (Å²) in [5, 5.41) is 6.50. The van der Waals surface area contributed by atoms with Crippen LogP contribution in [-0.2, 0) is 0 Å². The van der Waals surface area contributed by atoms with Crippen LogP contribution in [-0.4, -0.2) is 29.9 Å². The quantitative estimate of drug-likeness (QED) is 0.442. The molecule has 0 atom stereocenters. The molecule has 0 spiro atoms. The molecule has 1 fully saturated rings. The largest absolute Gasteiger partial charge is 0.386 e. The Hall–Kier alpha value is -3.53. The Bertz CT molecular complexity index is 1010. The summed E-state index contributed by atoms with van der Waals surface area (Å²) in [5.74, 6) is 0.107. The zero-order valence-corrected chi connectivity index (χ0v) is 21.2. The van der Waals surface area contributed by atoms with Gasteiger partial charge in [-0.3, -0.25) is 4.79 Å². The van der Waals surface area contributed by atoms with Gasteiger partial charge in [0, 0.05) is 41.8 Å². The number of benzene rings is 2. The molecule has 1 aliphatic rings. The highest BCUT2D eigenvalue weighted by atomic mass is 16.2. The lowest BCUT2D eigenvalue weighted by atomic mass is 10.0. The van der Waals surface area contributed by atoms with Gasteiger partial charge < -0.3 is 15.5 Å². The normalized spacial score (nSPS) is 13.9. The fraction of sp³-hybridized carbons (Fsp3) is 0.300. The van der Waals surface area contributed by atoms with Crippen LogP contribution in [0.3, 0.4) is 0 Å². The van der Waals surface area contributed by atoms with Gasteiger partial charge >= 0.3 is 0 Å². The first-order chi connectivity index (χ1) is 16.2. The number of amides is 1. The smallest absolute Gasteiger partial charge is 0.253 e. The van der Waals surface area contributed by atoms with Gasteiger partial charge in [0.2, 0.25) is 0 Å². The summed E-state index contributed by atoms with van der Waals surface area (Å²) in [6, 6.07) is 16.5. The van der Waals surface area contributed by atoms with Gasteiger partial charge in [-0.2, -0.15) is 0 Å². The van der Waals surface area contributed by atoms with E-state index in [-0.39, 0.29) is 5.91 Å². The van der Waals surface area contributed by atoms with E-state index < -0.39 is 0 Å². The SMILES string of the molecule is C=C(C)Nc1ccc(C(=O)N2CCC(NC(=C)C)CC2)cc1.C=C/C=C(\C)c1ccc(C)cc1. The van der Waals surface area contributed by atoms with E-state index >= 15 is 0 Å². The Labute approximate surface area is 205 Å². The Morgan fingerprint density at radius 2 is 1.47 bits per heavy atom. The summed E-state index contributed by atoms with van der Waals surface area (Å²) in [4.78, 5) is 14.4. The molecule has 2 aromatic carbocycles. The molecule has 0 unspecified atom stereocenters. The Kier molecular flexibility index (Phi) is 10.4. The summed E-state index contributed by atoms with van der Waals surface area (Å²) >= 11 is 0. The number of carbonyl (C=O) groups excluding carboxylic acids is 1. The molecule has 34 heavy (non-hydrogen) atoms. The number of anilines is 1. The Balaban J connectivity index is 0.000000287. The van der Waals surface area contributed by atoms with Crippen molar-refractivity contribution in [3.63, 3.8) is 0 Å². The minimum absolute atomic E-state index is 0.107. The van der Waals surface area contributed by atoms with Crippen LogP contribution in [0.1, 0.15) is 55.1 Å². The third-order valence-corrected chi connectivity index (χ3v) is 5.60. The first-order valence-electron chi connectivity index (χ1n) is 11.8. The molecule has 4 heteroatoms. The lowest BCUT2D eigenvalue weighted by Gasteiger charge is -2.33. The molecule has 0 aliphatic carbocycles. The second kappa shape index (κ2) is 13.2. The monoisotopic (exact) mass is 457 g/mol. The highest BCUT2D eigenvalue weighted by Gasteiger charge is 2.23.